The summed E-state index contributed by atoms with van der Waals surface area (Å²) in [7, 11) is 0. The molecular weight excluding hydrogens is 354 g/mol. The molecule has 0 spiro atoms. The molecule has 1 fully saturated rings. The highest BCUT2D eigenvalue weighted by Crippen LogP contribution is 2.19. The Labute approximate surface area is 165 Å². The van der Waals surface area contributed by atoms with Gasteiger partial charge in [-0.1, -0.05) is 24.3 Å². The van der Waals surface area contributed by atoms with Gasteiger partial charge in [0.25, 0.3) is 5.91 Å². The van der Waals surface area contributed by atoms with Crippen molar-refractivity contribution in [3.8, 4) is 11.8 Å². The van der Waals surface area contributed by atoms with Gasteiger partial charge in [-0.3, -0.25) is 9.69 Å². The quantitative estimate of drug-likeness (QED) is 0.801. The summed E-state index contributed by atoms with van der Waals surface area (Å²) in [5.74, 6) is 0.153. The molecule has 0 aliphatic carbocycles. The molecule has 0 bridgehead atoms. The van der Waals surface area contributed by atoms with Crippen molar-refractivity contribution < 1.29 is 14.3 Å². The van der Waals surface area contributed by atoms with E-state index in [0.717, 1.165) is 45.0 Å². The number of amides is 1. The minimum absolute atomic E-state index is 0.256. The number of benzene rings is 2. The number of ether oxygens (including phenoxy) is 2. The van der Waals surface area contributed by atoms with Crippen LogP contribution in [-0.4, -0.2) is 49.8 Å². The monoisotopic (exact) mass is 379 g/mol. The molecule has 1 heterocycles. The third-order valence-electron chi connectivity index (χ3n) is 4.72. The van der Waals surface area contributed by atoms with Gasteiger partial charge in [0.2, 0.25) is 0 Å². The standard InChI is InChI=1S/C22H25N3O3/c1-17(28-21-5-3-2-4-19(21)16-23)22(26)24-20-8-6-18(7-9-20)10-11-25-12-14-27-15-13-25/h2-9,17H,10-15H2,1H3,(H,24,26). The molecule has 1 N–H and O–H groups in total. The largest absolute Gasteiger partial charge is 0.480 e. The zero-order chi connectivity index (χ0) is 19.8. The number of nitriles is 1. The van der Waals surface area contributed by atoms with E-state index in [0.29, 0.717) is 11.3 Å². The molecule has 0 saturated carbocycles. The molecule has 0 aromatic heterocycles. The van der Waals surface area contributed by atoms with Gasteiger partial charge in [-0.25, -0.2) is 0 Å². The summed E-state index contributed by atoms with van der Waals surface area (Å²) in [5.41, 5.74) is 2.37. The number of carbonyl (C=O) groups excluding carboxylic acids is 1. The predicted molar refractivity (Wildman–Crippen MR) is 107 cm³/mol. The SMILES string of the molecule is CC(Oc1ccccc1C#N)C(=O)Nc1ccc(CCN2CCOCC2)cc1. The summed E-state index contributed by atoms with van der Waals surface area (Å²) in [5, 5.41) is 12.0. The van der Waals surface area contributed by atoms with Crippen LogP contribution in [0.25, 0.3) is 0 Å². The normalized spacial score (nSPS) is 15.4. The van der Waals surface area contributed by atoms with Crippen LogP contribution < -0.4 is 10.1 Å². The molecule has 1 atom stereocenters. The highest BCUT2D eigenvalue weighted by molar-refractivity contribution is 5.94. The van der Waals surface area contributed by atoms with Crippen molar-refractivity contribution in [1.29, 1.82) is 5.26 Å². The molecule has 6 nitrogen and oxygen atoms in total. The molecule has 1 unspecified atom stereocenters. The van der Waals surface area contributed by atoms with E-state index in [2.05, 4.69) is 16.3 Å². The number of para-hydroxylation sites is 1. The molecular formula is C22H25N3O3. The molecule has 1 saturated heterocycles. The highest BCUT2D eigenvalue weighted by Gasteiger charge is 2.16. The van der Waals surface area contributed by atoms with Crippen molar-refractivity contribution in [2.45, 2.75) is 19.4 Å². The fourth-order valence-electron chi connectivity index (χ4n) is 3.02. The van der Waals surface area contributed by atoms with E-state index in [1.54, 1.807) is 31.2 Å². The number of rotatable bonds is 7. The lowest BCUT2D eigenvalue weighted by Gasteiger charge is -2.26. The predicted octanol–water partition coefficient (Wildman–Crippen LogP) is 2.84. The van der Waals surface area contributed by atoms with Gasteiger partial charge >= 0.3 is 0 Å². The Hall–Kier alpha value is -2.88. The topological polar surface area (TPSA) is 74.6 Å². The molecule has 1 amide bonds. The average Bonchev–Trinajstić information content (AvgIpc) is 2.74. The number of hydrogen-bond acceptors (Lipinski definition) is 5. The Morgan fingerprint density at radius 2 is 1.93 bits per heavy atom. The van der Waals surface area contributed by atoms with Crippen LogP contribution in [0.5, 0.6) is 5.75 Å². The van der Waals surface area contributed by atoms with Crippen LogP contribution in [0.3, 0.4) is 0 Å². The van der Waals surface area contributed by atoms with Gasteiger partial charge in [0.1, 0.15) is 11.8 Å². The fraction of sp³-hybridized carbons (Fsp3) is 0.364. The van der Waals surface area contributed by atoms with Gasteiger partial charge in [0.05, 0.1) is 18.8 Å². The molecule has 146 valence electrons. The van der Waals surface area contributed by atoms with Crippen LogP contribution in [-0.2, 0) is 16.0 Å². The van der Waals surface area contributed by atoms with Gasteiger partial charge in [-0.2, -0.15) is 5.26 Å². The summed E-state index contributed by atoms with van der Waals surface area (Å²) in [4.78, 5) is 14.8. The summed E-state index contributed by atoms with van der Waals surface area (Å²) in [6, 6.07) is 16.8. The Kier molecular flexibility index (Phi) is 7.01. The lowest BCUT2D eigenvalue weighted by Crippen LogP contribution is -2.37. The maximum atomic E-state index is 12.4. The smallest absolute Gasteiger partial charge is 0.265 e. The summed E-state index contributed by atoms with van der Waals surface area (Å²) < 4.78 is 11.0. The first kappa shape index (κ1) is 19.9. The van der Waals surface area contributed by atoms with Crippen molar-refractivity contribution in [3.63, 3.8) is 0 Å². The van der Waals surface area contributed by atoms with E-state index >= 15 is 0 Å². The lowest BCUT2D eigenvalue weighted by molar-refractivity contribution is -0.122. The molecule has 1 aliphatic heterocycles. The highest BCUT2D eigenvalue weighted by atomic mass is 16.5. The minimum Gasteiger partial charge on any atom is -0.480 e. The second-order valence-corrected chi connectivity index (χ2v) is 6.76. The molecule has 2 aromatic carbocycles. The Morgan fingerprint density at radius 1 is 1.21 bits per heavy atom. The van der Waals surface area contributed by atoms with Gasteiger partial charge in [0, 0.05) is 25.3 Å². The van der Waals surface area contributed by atoms with Crippen LogP contribution in [0.1, 0.15) is 18.1 Å². The van der Waals surface area contributed by atoms with Crippen LogP contribution >= 0.6 is 0 Å². The number of carbonyl (C=O) groups is 1. The second-order valence-electron chi connectivity index (χ2n) is 6.76. The van der Waals surface area contributed by atoms with E-state index < -0.39 is 6.10 Å². The van der Waals surface area contributed by atoms with Gasteiger partial charge in [-0.05, 0) is 43.2 Å². The van der Waals surface area contributed by atoms with Crippen LogP contribution in [0.15, 0.2) is 48.5 Å². The van der Waals surface area contributed by atoms with Crippen molar-refractivity contribution in [2.75, 3.05) is 38.2 Å². The summed E-state index contributed by atoms with van der Waals surface area (Å²) in [6.45, 7) is 6.27. The first-order valence-corrected chi connectivity index (χ1v) is 9.51. The Bertz CT molecular complexity index is 824. The first-order chi connectivity index (χ1) is 13.7. The zero-order valence-corrected chi connectivity index (χ0v) is 16.1. The van der Waals surface area contributed by atoms with Gasteiger partial charge in [-0.15, -0.1) is 0 Å². The van der Waals surface area contributed by atoms with Crippen LogP contribution in [0.2, 0.25) is 0 Å². The lowest BCUT2D eigenvalue weighted by atomic mass is 10.1. The number of morpholine rings is 1. The summed E-state index contributed by atoms with van der Waals surface area (Å²) >= 11 is 0. The maximum absolute atomic E-state index is 12.4. The first-order valence-electron chi connectivity index (χ1n) is 9.51. The van der Waals surface area contributed by atoms with Crippen LogP contribution in [0, 0.1) is 11.3 Å². The second kappa shape index (κ2) is 9.88. The molecule has 1 aliphatic rings. The fourth-order valence-corrected chi connectivity index (χ4v) is 3.02. The van der Waals surface area contributed by atoms with Crippen molar-refractivity contribution >= 4 is 11.6 Å². The molecule has 3 rings (SSSR count). The van der Waals surface area contributed by atoms with Gasteiger partial charge < -0.3 is 14.8 Å². The molecule has 28 heavy (non-hydrogen) atoms. The molecule has 0 radical (unpaired) electrons. The third-order valence-corrected chi connectivity index (χ3v) is 4.72. The zero-order valence-electron chi connectivity index (χ0n) is 16.1. The van der Waals surface area contributed by atoms with Crippen LogP contribution in [0.4, 0.5) is 5.69 Å². The minimum atomic E-state index is -0.713. The van der Waals surface area contributed by atoms with Crippen molar-refractivity contribution in [3.05, 3.63) is 59.7 Å². The third kappa shape index (κ3) is 5.56. The van der Waals surface area contributed by atoms with E-state index in [-0.39, 0.29) is 5.91 Å². The molecule has 6 heteroatoms. The van der Waals surface area contributed by atoms with Crippen molar-refractivity contribution in [2.24, 2.45) is 0 Å². The number of nitrogens with zero attached hydrogens (tertiary/aromatic N) is 2. The number of hydrogen-bond donors (Lipinski definition) is 1. The van der Waals surface area contributed by atoms with E-state index in [4.69, 9.17) is 14.7 Å². The van der Waals surface area contributed by atoms with Gasteiger partial charge in [0.15, 0.2) is 6.10 Å². The Morgan fingerprint density at radius 3 is 2.64 bits per heavy atom. The maximum Gasteiger partial charge on any atom is 0.265 e. The average molecular weight is 379 g/mol. The summed E-state index contributed by atoms with van der Waals surface area (Å²) in [6.07, 6.45) is 0.258. The molecule has 2 aromatic rings. The van der Waals surface area contributed by atoms with E-state index in [1.807, 2.05) is 24.3 Å². The van der Waals surface area contributed by atoms with E-state index in [1.165, 1.54) is 5.56 Å². The Balaban J connectivity index is 1.50. The van der Waals surface area contributed by atoms with E-state index in [9.17, 15) is 4.79 Å². The van der Waals surface area contributed by atoms with Crippen molar-refractivity contribution in [1.82, 2.24) is 4.90 Å². The number of nitrogens with one attached hydrogen (secondary N) is 1. The number of anilines is 1.